The summed E-state index contributed by atoms with van der Waals surface area (Å²) >= 11 is 0. The predicted molar refractivity (Wildman–Crippen MR) is 137 cm³/mol. The maximum Gasteiger partial charge on any atom is 0.329 e. The summed E-state index contributed by atoms with van der Waals surface area (Å²) in [6, 6.07) is 21.5. The number of nitrogens with zero attached hydrogens (tertiary/aromatic N) is 1. The monoisotopic (exact) mass is 488 g/mol. The van der Waals surface area contributed by atoms with Crippen LogP contribution in [0.2, 0.25) is 0 Å². The van der Waals surface area contributed by atoms with Gasteiger partial charge in [-0.05, 0) is 61.4 Å². The number of aryl methyl sites for hydroxylation is 1. The van der Waals surface area contributed by atoms with Crippen molar-refractivity contribution in [2.45, 2.75) is 20.4 Å². The van der Waals surface area contributed by atoms with Gasteiger partial charge in [0.15, 0.2) is 6.61 Å². The zero-order valence-corrected chi connectivity index (χ0v) is 20.1. The number of carbonyl (C=O) groups excluding carboxylic acids is 3. The van der Waals surface area contributed by atoms with Gasteiger partial charge in [0, 0.05) is 12.2 Å². The zero-order valence-electron chi connectivity index (χ0n) is 20.1. The SMILES string of the molecule is CCOc1ccc(NC(=O)COc2cccc(/C=N\NC(=O)C(=O)NCc3ccc(C)cc3)c2)cc1. The van der Waals surface area contributed by atoms with Gasteiger partial charge in [-0.1, -0.05) is 42.0 Å². The average Bonchev–Trinajstić information content (AvgIpc) is 2.88. The van der Waals surface area contributed by atoms with E-state index in [-0.39, 0.29) is 19.1 Å². The van der Waals surface area contributed by atoms with Crippen LogP contribution in [0.1, 0.15) is 23.6 Å². The molecule has 36 heavy (non-hydrogen) atoms. The molecule has 0 saturated heterocycles. The minimum absolute atomic E-state index is 0.189. The zero-order chi connectivity index (χ0) is 25.8. The summed E-state index contributed by atoms with van der Waals surface area (Å²) in [6.07, 6.45) is 1.37. The third kappa shape index (κ3) is 8.60. The number of rotatable bonds is 10. The number of benzene rings is 3. The Balaban J connectivity index is 1.42. The van der Waals surface area contributed by atoms with Crippen LogP contribution in [-0.4, -0.2) is 37.1 Å². The van der Waals surface area contributed by atoms with E-state index in [1.807, 2.05) is 38.1 Å². The summed E-state index contributed by atoms with van der Waals surface area (Å²) in [4.78, 5) is 36.1. The van der Waals surface area contributed by atoms with Crippen LogP contribution in [0.5, 0.6) is 11.5 Å². The van der Waals surface area contributed by atoms with Crippen LogP contribution in [0.3, 0.4) is 0 Å². The quantitative estimate of drug-likeness (QED) is 0.230. The van der Waals surface area contributed by atoms with E-state index >= 15 is 0 Å². The molecular formula is C27H28N4O5. The summed E-state index contributed by atoms with van der Waals surface area (Å²) < 4.78 is 10.9. The van der Waals surface area contributed by atoms with Gasteiger partial charge in [-0.3, -0.25) is 14.4 Å². The van der Waals surface area contributed by atoms with E-state index in [2.05, 4.69) is 21.2 Å². The van der Waals surface area contributed by atoms with Crippen LogP contribution in [0.4, 0.5) is 5.69 Å². The summed E-state index contributed by atoms with van der Waals surface area (Å²) in [7, 11) is 0. The molecule has 9 nitrogen and oxygen atoms in total. The first-order chi connectivity index (χ1) is 17.4. The Hall–Kier alpha value is -4.66. The van der Waals surface area contributed by atoms with Crippen LogP contribution in [0.25, 0.3) is 0 Å². The van der Waals surface area contributed by atoms with E-state index in [1.54, 1.807) is 48.5 Å². The molecule has 3 aromatic carbocycles. The van der Waals surface area contributed by atoms with Gasteiger partial charge in [0.2, 0.25) is 0 Å². The molecule has 0 bridgehead atoms. The molecule has 9 heteroatoms. The van der Waals surface area contributed by atoms with Crippen molar-refractivity contribution >= 4 is 29.6 Å². The van der Waals surface area contributed by atoms with E-state index in [9.17, 15) is 14.4 Å². The molecule has 0 saturated carbocycles. The number of amides is 3. The third-order valence-corrected chi connectivity index (χ3v) is 4.84. The van der Waals surface area contributed by atoms with Gasteiger partial charge in [0.05, 0.1) is 12.8 Å². The Morgan fingerprint density at radius 2 is 1.64 bits per heavy atom. The van der Waals surface area contributed by atoms with E-state index in [0.717, 1.165) is 16.9 Å². The molecule has 0 radical (unpaired) electrons. The lowest BCUT2D eigenvalue weighted by molar-refractivity contribution is -0.139. The lowest BCUT2D eigenvalue weighted by Gasteiger charge is -2.09. The molecular weight excluding hydrogens is 460 g/mol. The summed E-state index contributed by atoms with van der Waals surface area (Å²) in [5, 5.41) is 9.10. The summed E-state index contributed by atoms with van der Waals surface area (Å²) in [6.45, 7) is 4.49. The lowest BCUT2D eigenvalue weighted by atomic mass is 10.1. The van der Waals surface area contributed by atoms with Crippen LogP contribution >= 0.6 is 0 Å². The van der Waals surface area contributed by atoms with Crippen molar-refractivity contribution < 1.29 is 23.9 Å². The molecule has 3 aromatic rings. The number of hydrogen-bond acceptors (Lipinski definition) is 6. The molecule has 3 amide bonds. The molecule has 0 aromatic heterocycles. The molecule has 186 valence electrons. The molecule has 0 unspecified atom stereocenters. The van der Waals surface area contributed by atoms with Gasteiger partial charge in [-0.15, -0.1) is 0 Å². The van der Waals surface area contributed by atoms with Crippen molar-refractivity contribution in [1.29, 1.82) is 0 Å². The fraction of sp³-hybridized carbons (Fsp3) is 0.185. The topological polar surface area (TPSA) is 118 Å². The number of nitrogens with one attached hydrogen (secondary N) is 3. The van der Waals surface area contributed by atoms with Gasteiger partial charge in [0.1, 0.15) is 11.5 Å². The Morgan fingerprint density at radius 1 is 0.889 bits per heavy atom. The first-order valence-electron chi connectivity index (χ1n) is 11.4. The molecule has 0 aliphatic heterocycles. The minimum Gasteiger partial charge on any atom is -0.494 e. The van der Waals surface area contributed by atoms with Crippen molar-refractivity contribution in [3.8, 4) is 11.5 Å². The molecule has 0 fully saturated rings. The second-order valence-electron chi connectivity index (χ2n) is 7.73. The molecule has 0 aliphatic carbocycles. The molecule has 0 atom stereocenters. The van der Waals surface area contributed by atoms with Crippen molar-refractivity contribution in [3.63, 3.8) is 0 Å². The minimum atomic E-state index is -0.878. The molecule has 0 aliphatic rings. The van der Waals surface area contributed by atoms with Gasteiger partial charge in [-0.25, -0.2) is 5.43 Å². The number of hydrazone groups is 1. The standard InChI is InChI=1S/C27H28N4O5/c1-3-35-23-13-11-22(12-14-23)30-25(32)18-36-24-6-4-5-21(15-24)17-29-31-27(34)26(33)28-16-20-9-7-19(2)8-10-20/h4-15,17H,3,16,18H2,1-2H3,(H,28,33)(H,30,32)(H,31,34)/b29-17-. The first-order valence-corrected chi connectivity index (χ1v) is 11.4. The van der Waals surface area contributed by atoms with Crippen molar-refractivity contribution in [2.75, 3.05) is 18.5 Å². The number of carbonyl (C=O) groups is 3. The van der Waals surface area contributed by atoms with Crippen LogP contribution in [0.15, 0.2) is 77.9 Å². The van der Waals surface area contributed by atoms with E-state index in [4.69, 9.17) is 9.47 Å². The normalized spacial score (nSPS) is 10.5. The predicted octanol–water partition coefficient (Wildman–Crippen LogP) is 3.18. The highest BCUT2D eigenvalue weighted by atomic mass is 16.5. The third-order valence-electron chi connectivity index (χ3n) is 4.84. The number of hydrogen-bond donors (Lipinski definition) is 3. The lowest BCUT2D eigenvalue weighted by Crippen LogP contribution is -2.37. The Labute approximate surface area is 209 Å². The summed E-state index contributed by atoms with van der Waals surface area (Å²) in [5.41, 5.74) is 5.43. The Bertz CT molecular complexity index is 1210. The van der Waals surface area contributed by atoms with Gasteiger partial charge < -0.3 is 20.1 Å². The first kappa shape index (κ1) is 26.0. The number of anilines is 1. The molecule has 0 heterocycles. The molecule has 3 rings (SSSR count). The molecule has 0 spiro atoms. The fourth-order valence-electron chi connectivity index (χ4n) is 3.02. The van der Waals surface area contributed by atoms with E-state index in [0.29, 0.717) is 23.6 Å². The highest BCUT2D eigenvalue weighted by molar-refractivity contribution is 6.35. The maximum atomic E-state index is 12.2. The van der Waals surface area contributed by atoms with Gasteiger partial charge in [0.25, 0.3) is 5.91 Å². The van der Waals surface area contributed by atoms with Crippen LogP contribution < -0.4 is 25.5 Å². The van der Waals surface area contributed by atoms with Crippen LogP contribution in [0, 0.1) is 6.92 Å². The van der Waals surface area contributed by atoms with Crippen molar-refractivity contribution in [3.05, 3.63) is 89.5 Å². The highest BCUT2D eigenvalue weighted by Crippen LogP contribution is 2.16. The van der Waals surface area contributed by atoms with Gasteiger partial charge >= 0.3 is 11.8 Å². The average molecular weight is 489 g/mol. The Kier molecular flexibility index (Phi) is 9.58. The smallest absolute Gasteiger partial charge is 0.329 e. The largest absolute Gasteiger partial charge is 0.494 e. The van der Waals surface area contributed by atoms with Crippen molar-refractivity contribution in [1.82, 2.24) is 10.7 Å². The van der Waals surface area contributed by atoms with Gasteiger partial charge in [-0.2, -0.15) is 5.10 Å². The van der Waals surface area contributed by atoms with Crippen LogP contribution in [-0.2, 0) is 20.9 Å². The van der Waals surface area contributed by atoms with Crippen molar-refractivity contribution in [2.24, 2.45) is 5.10 Å². The number of ether oxygens (including phenoxy) is 2. The second-order valence-corrected chi connectivity index (χ2v) is 7.73. The fourth-order valence-corrected chi connectivity index (χ4v) is 3.02. The van der Waals surface area contributed by atoms with E-state index in [1.165, 1.54) is 6.21 Å². The Morgan fingerprint density at radius 3 is 2.36 bits per heavy atom. The second kappa shape index (κ2) is 13.3. The maximum absolute atomic E-state index is 12.2. The molecule has 3 N–H and O–H groups in total. The highest BCUT2D eigenvalue weighted by Gasteiger charge is 2.12. The summed E-state index contributed by atoms with van der Waals surface area (Å²) in [5.74, 6) is -0.811. The van der Waals surface area contributed by atoms with E-state index < -0.39 is 11.8 Å².